The monoisotopic (exact) mass is 406 g/mol. The SMILES string of the molecule is O=C(CC12CC3CC(CC(C3)C1)C2)N1CCN(c2cc(-n3cccn3)ncn2)CC1. The molecular formula is C23H30N6O. The standard InChI is InChI=1S/C23H30N6O/c30-22(15-23-12-17-8-18(13-23)10-19(9-17)14-23)28-6-4-27(5-7-28)20-11-21(25-16-24-20)29-3-1-2-26-29/h1-3,11,16-19H,4-10,12-15H2. The number of anilines is 1. The van der Waals surface area contributed by atoms with Gasteiger partial charge >= 0.3 is 0 Å². The maximum absolute atomic E-state index is 13.2. The molecule has 4 aliphatic carbocycles. The van der Waals surface area contributed by atoms with Crippen LogP contribution < -0.4 is 4.90 Å². The average molecular weight is 407 g/mol. The highest BCUT2D eigenvalue weighted by atomic mass is 16.2. The van der Waals surface area contributed by atoms with Gasteiger partial charge in [-0.3, -0.25) is 4.79 Å². The van der Waals surface area contributed by atoms with Gasteiger partial charge in [-0.15, -0.1) is 0 Å². The summed E-state index contributed by atoms with van der Waals surface area (Å²) in [5.41, 5.74) is 0.328. The first-order valence-electron chi connectivity index (χ1n) is 11.5. The van der Waals surface area contributed by atoms with Crippen LogP contribution in [0.5, 0.6) is 0 Å². The van der Waals surface area contributed by atoms with E-state index >= 15 is 0 Å². The topological polar surface area (TPSA) is 67.2 Å². The first-order valence-corrected chi connectivity index (χ1v) is 11.5. The number of hydrogen-bond acceptors (Lipinski definition) is 5. The van der Waals surface area contributed by atoms with Crippen molar-refractivity contribution >= 4 is 11.7 Å². The number of carbonyl (C=O) groups is 1. The fourth-order valence-corrected chi connectivity index (χ4v) is 7.16. The zero-order valence-corrected chi connectivity index (χ0v) is 17.5. The van der Waals surface area contributed by atoms with Gasteiger partial charge in [0, 0.05) is 51.1 Å². The number of rotatable bonds is 4. The molecule has 0 atom stereocenters. The average Bonchev–Trinajstić information content (AvgIpc) is 3.28. The van der Waals surface area contributed by atoms with Crippen molar-refractivity contribution in [3.8, 4) is 5.82 Å². The van der Waals surface area contributed by atoms with Gasteiger partial charge in [0.1, 0.15) is 12.1 Å². The summed E-state index contributed by atoms with van der Waals surface area (Å²) >= 11 is 0. The van der Waals surface area contributed by atoms with Crippen LogP contribution in [0.2, 0.25) is 0 Å². The molecule has 4 bridgehead atoms. The van der Waals surface area contributed by atoms with Crippen molar-refractivity contribution in [1.29, 1.82) is 0 Å². The lowest BCUT2D eigenvalue weighted by atomic mass is 9.49. The number of amides is 1. The van der Waals surface area contributed by atoms with Gasteiger partial charge in [0.2, 0.25) is 5.91 Å². The molecule has 4 saturated carbocycles. The summed E-state index contributed by atoms with van der Waals surface area (Å²) in [6.45, 7) is 3.21. The highest BCUT2D eigenvalue weighted by molar-refractivity contribution is 5.77. The van der Waals surface area contributed by atoms with E-state index in [0.29, 0.717) is 11.3 Å². The quantitative estimate of drug-likeness (QED) is 0.781. The predicted octanol–water partition coefficient (Wildman–Crippen LogP) is 2.92. The highest BCUT2D eigenvalue weighted by Gasteiger charge is 2.51. The normalized spacial score (nSPS) is 32.6. The Labute approximate surface area is 177 Å². The van der Waals surface area contributed by atoms with Crippen LogP contribution in [0.25, 0.3) is 5.82 Å². The number of hydrogen-bond donors (Lipinski definition) is 0. The zero-order valence-electron chi connectivity index (χ0n) is 17.5. The van der Waals surface area contributed by atoms with Gasteiger partial charge in [-0.2, -0.15) is 5.10 Å². The van der Waals surface area contributed by atoms with Crippen LogP contribution in [-0.4, -0.2) is 56.7 Å². The lowest BCUT2D eigenvalue weighted by Crippen LogP contribution is -2.52. The zero-order chi connectivity index (χ0) is 20.1. The molecule has 0 spiro atoms. The molecule has 0 unspecified atom stereocenters. The molecule has 30 heavy (non-hydrogen) atoms. The van der Waals surface area contributed by atoms with Gasteiger partial charge in [-0.25, -0.2) is 14.6 Å². The van der Waals surface area contributed by atoms with Gasteiger partial charge in [-0.05, 0) is 67.8 Å². The molecule has 1 saturated heterocycles. The number of piperazine rings is 1. The number of carbonyl (C=O) groups excluding carboxylic acids is 1. The Morgan fingerprint density at radius 1 is 0.967 bits per heavy atom. The third-order valence-corrected chi connectivity index (χ3v) is 8.03. The smallest absolute Gasteiger partial charge is 0.223 e. The first-order chi connectivity index (χ1) is 14.7. The summed E-state index contributed by atoms with van der Waals surface area (Å²) in [4.78, 5) is 26.3. The van der Waals surface area contributed by atoms with Crippen molar-refractivity contribution in [3.05, 3.63) is 30.9 Å². The molecule has 7 rings (SSSR count). The van der Waals surface area contributed by atoms with Crippen molar-refractivity contribution in [2.75, 3.05) is 31.1 Å². The molecule has 0 radical (unpaired) electrons. The number of aromatic nitrogens is 4. The summed E-state index contributed by atoms with van der Waals surface area (Å²) in [7, 11) is 0. The van der Waals surface area contributed by atoms with Gasteiger partial charge < -0.3 is 9.80 Å². The molecule has 7 heteroatoms. The minimum atomic E-state index is 0.328. The van der Waals surface area contributed by atoms with Crippen LogP contribution in [0, 0.1) is 23.2 Å². The highest BCUT2D eigenvalue weighted by Crippen LogP contribution is 2.61. The third kappa shape index (κ3) is 3.28. The van der Waals surface area contributed by atoms with Gasteiger partial charge in [0.05, 0.1) is 0 Å². The molecule has 0 aromatic carbocycles. The Morgan fingerprint density at radius 3 is 2.27 bits per heavy atom. The second-order valence-corrected chi connectivity index (χ2v) is 10.1. The summed E-state index contributed by atoms with van der Waals surface area (Å²) in [5, 5.41) is 4.25. The summed E-state index contributed by atoms with van der Waals surface area (Å²) in [6, 6.07) is 3.86. The van der Waals surface area contributed by atoms with Crippen LogP contribution in [0.1, 0.15) is 44.9 Å². The summed E-state index contributed by atoms with van der Waals surface area (Å²) < 4.78 is 1.75. The largest absolute Gasteiger partial charge is 0.353 e. The van der Waals surface area contributed by atoms with Crippen LogP contribution >= 0.6 is 0 Å². The van der Waals surface area contributed by atoms with Crippen LogP contribution in [-0.2, 0) is 4.79 Å². The second-order valence-electron chi connectivity index (χ2n) is 10.1. The van der Waals surface area contributed by atoms with Crippen molar-refractivity contribution < 1.29 is 4.79 Å². The van der Waals surface area contributed by atoms with E-state index in [4.69, 9.17) is 0 Å². The van der Waals surface area contributed by atoms with Crippen LogP contribution in [0.4, 0.5) is 5.82 Å². The molecule has 1 amide bonds. The molecule has 1 aliphatic heterocycles. The van der Waals surface area contributed by atoms with E-state index in [0.717, 1.165) is 62.0 Å². The first kappa shape index (κ1) is 18.3. The molecule has 7 nitrogen and oxygen atoms in total. The van der Waals surface area contributed by atoms with Crippen molar-refractivity contribution in [3.63, 3.8) is 0 Å². The van der Waals surface area contributed by atoms with E-state index in [1.165, 1.54) is 38.5 Å². The Hall–Kier alpha value is -2.44. The van der Waals surface area contributed by atoms with Gasteiger partial charge in [-0.1, -0.05) is 0 Å². The third-order valence-electron chi connectivity index (χ3n) is 8.03. The lowest BCUT2D eigenvalue weighted by molar-refractivity contribution is -0.139. The molecule has 2 aromatic heterocycles. The van der Waals surface area contributed by atoms with E-state index in [1.807, 2.05) is 18.3 Å². The number of nitrogens with zero attached hydrogens (tertiary/aromatic N) is 6. The minimum Gasteiger partial charge on any atom is -0.353 e. The molecule has 2 aromatic rings. The van der Waals surface area contributed by atoms with E-state index in [-0.39, 0.29) is 0 Å². The fourth-order valence-electron chi connectivity index (χ4n) is 7.16. The van der Waals surface area contributed by atoms with Crippen LogP contribution in [0.3, 0.4) is 0 Å². The van der Waals surface area contributed by atoms with Crippen molar-refractivity contribution in [2.24, 2.45) is 23.2 Å². The molecule has 5 aliphatic rings. The van der Waals surface area contributed by atoms with E-state index in [1.54, 1.807) is 17.2 Å². The lowest BCUT2D eigenvalue weighted by Gasteiger charge is -2.57. The Bertz CT molecular complexity index is 882. The fraction of sp³-hybridized carbons (Fsp3) is 0.652. The Balaban J connectivity index is 1.09. The van der Waals surface area contributed by atoms with E-state index in [9.17, 15) is 4.79 Å². The molecule has 0 N–H and O–H groups in total. The maximum Gasteiger partial charge on any atom is 0.223 e. The van der Waals surface area contributed by atoms with E-state index < -0.39 is 0 Å². The van der Waals surface area contributed by atoms with E-state index in [2.05, 4.69) is 24.9 Å². The minimum absolute atomic E-state index is 0.328. The predicted molar refractivity (Wildman–Crippen MR) is 113 cm³/mol. The maximum atomic E-state index is 13.2. The molecule has 3 heterocycles. The molecule has 158 valence electrons. The van der Waals surface area contributed by atoms with Crippen molar-refractivity contribution in [1.82, 2.24) is 24.6 Å². The van der Waals surface area contributed by atoms with Crippen LogP contribution in [0.15, 0.2) is 30.9 Å². The van der Waals surface area contributed by atoms with Gasteiger partial charge in [0.25, 0.3) is 0 Å². The second kappa shape index (κ2) is 7.06. The van der Waals surface area contributed by atoms with Crippen molar-refractivity contribution in [2.45, 2.75) is 44.9 Å². The summed E-state index contributed by atoms with van der Waals surface area (Å²) in [6.07, 6.45) is 14.2. The summed E-state index contributed by atoms with van der Waals surface area (Å²) in [5.74, 6) is 4.78. The molecule has 5 fully saturated rings. The Morgan fingerprint density at radius 2 is 1.63 bits per heavy atom. The van der Waals surface area contributed by atoms with Gasteiger partial charge in [0.15, 0.2) is 5.82 Å². The molecular weight excluding hydrogens is 376 g/mol. The Kier molecular flexibility index (Phi) is 4.32.